The summed E-state index contributed by atoms with van der Waals surface area (Å²) in [5, 5.41) is -0.255. The summed E-state index contributed by atoms with van der Waals surface area (Å²) >= 11 is 0. The number of rotatable bonds is 9. The van der Waals surface area contributed by atoms with Crippen molar-refractivity contribution < 1.29 is 47.2 Å². The summed E-state index contributed by atoms with van der Waals surface area (Å²) < 4.78 is 41.0. The molecule has 0 spiro atoms. The van der Waals surface area contributed by atoms with Gasteiger partial charge in [0, 0.05) is 6.92 Å². The predicted octanol–water partition coefficient (Wildman–Crippen LogP) is 5.28. The molecule has 0 amide bonds. The van der Waals surface area contributed by atoms with Crippen LogP contribution < -0.4 is 0 Å². The van der Waals surface area contributed by atoms with Crippen molar-refractivity contribution in [3.8, 4) is 12.3 Å². The van der Waals surface area contributed by atoms with Gasteiger partial charge in [0.15, 0.2) is 26.1 Å². The van der Waals surface area contributed by atoms with E-state index >= 15 is 0 Å². The Morgan fingerprint density at radius 1 is 1.02 bits per heavy atom. The van der Waals surface area contributed by atoms with Crippen LogP contribution in [0.5, 0.6) is 0 Å². The second-order valence-electron chi connectivity index (χ2n) is 12.3. The first-order valence-corrected chi connectivity index (χ1v) is 17.2. The Labute approximate surface area is 249 Å². The normalized spacial score (nSPS) is 25.9. The highest BCUT2D eigenvalue weighted by Gasteiger charge is 2.56. The molecular weight excluding hydrogens is 560 g/mol. The molecule has 0 aromatic heterocycles. The molecule has 42 heavy (non-hydrogen) atoms. The molecule has 1 aliphatic heterocycles. The van der Waals surface area contributed by atoms with Crippen LogP contribution in [0.2, 0.25) is 18.1 Å². The van der Waals surface area contributed by atoms with Crippen molar-refractivity contribution in [3.05, 3.63) is 35.9 Å². The fourth-order valence-corrected chi connectivity index (χ4v) is 6.10. The highest BCUT2D eigenvalue weighted by molar-refractivity contribution is 6.74. The Balaban J connectivity index is 2.00. The van der Waals surface area contributed by atoms with Crippen LogP contribution >= 0.6 is 0 Å². The number of carbonyl (C=O) groups is 3. The van der Waals surface area contributed by atoms with E-state index < -0.39 is 62.7 Å². The maximum absolute atomic E-state index is 13.1. The molecular formula is C31H44O10Si. The van der Waals surface area contributed by atoms with Crippen LogP contribution in [0.15, 0.2) is 30.3 Å². The van der Waals surface area contributed by atoms with Gasteiger partial charge in [-0.15, -0.1) is 6.42 Å². The van der Waals surface area contributed by atoms with E-state index in [1.807, 2.05) is 64.2 Å². The van der Waals surface area contributed by atoms with E-state index in [0.29, 0.717) is 12.8 Å². The lowest BCUT2D eigenvalue weighted by atomic mass is 9.85. The molecule has 2 aliphatic rings. The molecule has 10 nitrogen and oxygen atoms in total. The third-order valence-electron chi connectivity index (χ3n) is 8.17. The van der Waals surface area contributed by atoms with Gasteiger partial charge in [-0.05, 0) is 49.4 Å². The van der Waals surface area contributed by atoms with Gasteiger partial charge in [-0.2, -0.15) is 0 Å². The fraction of sp³-hybridized carbons (Fsp3) is 0.645. The van der Waals surface area contributed by atoms with Gasteiger partial charge in [0.05, 0.1) is 13.7 Å². The van der Waals surface area contributed by atoms with Crippen molar-refractivity contribution in [1.82, 2.24) is 0 Å². The molecule has 1 aromatic rings. The summed E-state index contributed by atoms with van der Waals surface area (Å²) in [5.41, 5.74) is -0.281. The minimum atomic E-state index is -2.57. The van der Waals surface area contributed by atoms with Crippen LogP contribution in [-0.2, 0) is 49.0 Å². The second-order valence-corrected chi connectivity index (χ2v) is 17.1. The van der Waals surface area contributed by atoms with Gasteiger partial charge in [0.2, 0.25) is 6.29 Å². The monoisotopic (exact) mass is 604 g/mol. The molecule has 0 N–H and O–H groups in total. The van der Waals surface area contributed by atoms with Crippen LogP contribution in [0.1, 0.15) is 65.4 Å². The van der Waals surface area contributed by atoms with Crippen molar-refractivity contribution in [2.75, 3.05) is 7.11 Å². The van der Waals surface area contributed by atoms with E-state index in [1.54, 1.807) is 0 Å². The number of hydrogen-bond donors (Lipinski definition) is 0. The van der Waals surface area contributed by atoms with Crippen LogP contribution in [0.3, 0.4) is 0 Å². The van der Waals surface area contributed by atoms with Crippen molar-refractivity contribution in [3.63, 3.8) is 0 Å². The van der Waals surface area contributed by atoms with Crippen LogP contribution in [-0.4, -0.2) is 69.8 Å². The summed E-state index contributed by atoms with van der Waals surface area (Å²) in [7, 11) is -1.35. The zero-order valence-corrected chi connectivity index (χ0v) is 26.7. The Morgan fingerprint density at radius 2 is 1.67 bits per heavy atom. The number of hydrogen-bond acceptors (Lipinski definition) is 10. The Morgan fingerprint density at radius 3 is 2.21 bits per heavy atom. The zero-order chi connectivity index (χ0) is 31.1. The highest BCUT2D eigenvalue weighted by atomic mass is 28.4. The predicted molar refractivity (Wildman–Crippen MR) is 156 cm³/mol. The third-order valence-corrected chi connectivity index (χ3v) is 12.6. The largest absolute Gasteiger partial charge is 0.512 e. The first-order chi connectivity index (χ1) is 19.7. The van der Waals surface area contributed by atoms with Crippen molar-refractivity contribution >= 4 is 26.4 Å². The average molecular weight is 605 g/mol. The van der Waals surface area contributed by atoms with Crippen LogP contribution in [0, 0.1) is 12.3 Å². The first-order valence-electron chi connectivity index (χ1n) is 14.3. The molecule has 0 bridgehead atoms. The van der Waals surface area contributed by atoms with Gasteiger partial charge in [0.1, 0.15) is 12.2 Å². The molecule has 0 radical (unpaired) electrons. The van der Waals surface area contributed by atoms with E-state index in [9.17, 15) is 14.4 Å². The molecule has 5 atom stereocenters. The Bertz CT molecular complexity index is 1120. The minimum absolute atomic E-state index is 0.0892. The number of terminal acetylenes is 1. The van der Waals surface area contributed by atoms with E-state index in [4.69, 9.17) is 39.3 Å². The lowest BCUT2D eigenvalue weighted by molar-refractivity contribution is -0.293. The van der Waals surface area contributed by atoms with E-state index in [-0.39, 0.29) is 11.6 Å². The molecule has 1 aromatic carbocycles. The van der Waals surface area contributed by atoms with Crippen LogP contribution in [0.4, 0.5) is 4.79 Å². The molecule has 1 saturated carbocycles. The number of esters is 2. The van der Waals surface area contributed by atoms with Crippen molar-refractivity contribution in [1.29, 1.82) is 0 Å². The fourth-order valence-electron chi connectivity index (χ4n) is 4.81. The summed E-state index contributed by atoms with van der Waals surface area (Å²) in [5.74, 6) is 1.16. The molecule has 1 saturated heterocycles. The Hall–Kier alpha value is -2.91. The van der Waals surface area contributed by atoms with Gasteiger partial charge in [0.25, 0.3) is 0 Å². The standard InChI is InChI=1S/C31H44O10Si/c1-9-31(18-14-11-15-19-31)40-29(34)39-28-26(37-21(2)32)23(36-20-22-16-12-10-13-17-22)24(25(38-28)27(33)35-6)41-42(7,8)30(3,4)5/h1,10,12-13,16-17,23-26,28H,11,14-15,18-20H2,2-8H3/t23?,24?,25?,26?,28-/m0/s1. The molecule has 4 unspecified atom stereocenters. The van der Waals surface area contributed by atoms with E-state index in [2.05, 4.69) is 5.92 Å². The van der Waals surface area contributed by atoms with Gasteiger partial charge in [-0.3, -0.25) is 4.79 Å². The summed E-state index contributed by atoms with van der Waals surface area (Å²) in [4.78, 5) is 38.6. The first kappa shape index (κ1) is 33.6. The topological polar surface area (TPSA) is 116 Å². The molecule has 232 valence electrons. The second kappa shape index (κ2) is 14.0. The summed E-state index contributed by atoms with van der Waals surface area (Å²) in [6, 6.07) is 9.34. The van der Waals surface area contributed by atoms with Crippen molar-refractivity contribution in [2.24, 2.45) is 0 Å². The summed E-state index contributed by atoms with van der Waals surface area (Å²) in [6.45, 7) is 11.5. The van der Waals surface area contributed by atoms with E-state index in [1.165, 1.54) is 14.0 Å². The Kier molecular flexibility index (Phi) is 11.2. The lowest BCUT2D eigenvalue weighted by Crippen LogP contribution is -2.65. The lowest BCUT2D eigenvalue weighted by Gasteiger charge is -2.48. The van der Waals surface area contributed by atoms with Crippen molar-refractivity contribution in [2.45, 2.75) is 121 Å². The zero-order valence-electron chi connectivity index (χ0n) is 25.7. The molecule has 2 fully saturated rings. The van der Waals surface area contributed by atoms with Gasteiger partial charge in [-0.25, -0.2) is 9.59 Å². The number of carbonyl (C=O) groups excluding carboxylic acids is 3. The third kappa shape index (κ3) is 8.34. The van der Waals surface area contributed by atoms with Gasteiger partial charge in [-0.1, -0.05) is 63.4 Å². The number of benzene rings is 1. The van der Waals surface area contributed by atoms with Crippen LogP contribution in [0.25, 0.3) is 0 Å². The van der Waals surface area contributed by atoms with Gasteiger partial charge >= 0.3 is 18.1 Å². The molecule has 3 rings (SSSR count). The summed E-state index contributed by atoms with van der Waals surface area (Å²) in [6.07, 6.45) is 1.82. The number of ether oxygens (including phenoxy) is 6. The van der Waals surface area contributed by atoms with E-state index in [0.717, 1.165) is 24.8 Å². The average Bonchev–Trinajstić information content (AvgIpc) is 2.93. The highest BCUT2D eigenvalue weighted by Crippen LogP contribution is 2.41. The van der Waals surface area contributed by atoms with Gasteiger partial charge < -0.3 is 32.8 Å². The minimum Gasteiger partial charge on any atom is -0.467 e. The SMILES string of the molecule is C#CC1(OC(=O)O[C@@H]2OC(C(=O)OC)C(O[Si](C)(C)C(C)(C)C)C(OCc3ccccc3)C2OC(C)=O)CCCCC1. The molecule has 1 heterocycles. The molecule has 1 aliphatic carbocycles. The maximum Gasteiger partial charge on any atom is 0.512 e. The number of methoxy groups -OCH3 is 1. The smallest absolute Gasteiger partial charge is 0.467 e. The quantitative estimate of drug-likeness (QED) is 0.160. The maximum atomic E-state index is 13.1. The molecule has 11 heteroatoms.